The Bertz CT molecular complexity index is 1020. The number of benzene rings is 3. The fraction of sp³-hybridized carbons (Fsp3) is 0.0870. The number of ketones is 1. The van der Waals surface area contributed by atoms with Crippen LogP contribution in [-0.2, 0) is 6.61 Å². The Labute approximate surface area is 168 Å². The Balaban J connectivity index is 1.69. The van der Waals surface area contributed by atoms with E-state index in [2.05, 4.69) is 0 Å². The van der Waals surface area contributed by atoms with Gasteiger partial charge in [-0.05, 0) is 53.6 Å². The highest BCUT2D eigenvalue weighted by Crippen LogP contribution is 2.22. The second-order valence-corrected chi connectivity index (χ2v) is 6.18. The van der Waals surface area contributed by atoms with Gasteiger partial charge in [0.2, 0.25) is 0 Å². The van der Waals surface area contributed by atoms with Gasteiger partial charge in [-0.2, -0.15) is 0 Å². The SMILES string of the molecule is COc1ccc(/C=C/C(=O)c2ccccc2OCc2ccc([N+](=O)[O-])cc2)cc1. The minimum atomic E-state index is -0.451. The summed E-state index contributed by atoms with van der Waals surface area (Å²) in [6.45, 7) is 0.199. The predicted octanol–water partition coefficient (Wildman–Crippen LogP) is 5.08. The molecule has 0 heterocycles. The van der Waals surface area contributed by atoms with Gasteiger partial charge < -0.3 is 9.47 Å². The predicted molar refractivity (Wildman–Crippen MR) is 110 cm³/mol. The van der Waals surface area contributed by atoms with Crippen LogP contribution in [0.5, 0.6) is 11.5 Å². The van der Waals surface area contributed by atoms with Gasteiger partial charge in [-0.15, -0.1) is 0 Å². The first-order chi connectivity index (χ1) is 14.1. The fourth-order valence-electron chi connectivity index (χ4n) is 2.65. The number of para-hydroxylation sites is 1. The highest BCUT2D eigenvalue weighted by atomic mass is 16.6. The van der Waals surface area contributed by atoms with Crippen LogP contribution in [0.4, 0.5) is 5.69 Å². The molecule has 0 bridgehead atoms. The maximum Gasteiger partial charge on any atom is 0.269 e. The number of allylic oxidation sites excluding steroid dienone is 1. The number of carbonyl (C=O) groups is 1. The van der Waals surface area contributed by atoms with Crippen LogP contribution in [0.25, 0.3) is 6.08 Å². The van der Waals surface area contributed by atoms with E-state index in [1.165, 1.54) is 18.2 Å². The minimum absolute atomic E-state index is 0.0213. The van der Waals surface area contributed by atoms with Gasteiger partial charge in [0.15, 0.2) is 5.78 Å². The zero-order valence-electron chi connectivity index (χ0n) is 15.8. The summed E-state index contributed by atoms with van der Waals surface area (Å²) in [5.41, 5.74) is 2.11. The van der Waals surface area contributed by atoms with Gasteiger partial charge in [0.25, 0.3) is 5.69 Å². The molecule has 0 radical (unpaired) electrons. The van der Waals surface area contributed by atoms with Crippen molar-refractivity contribution in [2.24, 2.45) is 0 Å². The molecule has 0 spiro atoms. The first kappa shape index (κ1) is 19.8. The van der Waals surface area contributed by atoms with E-state index < -0.39 is 4.92 Å². The van der Waals surface area contributed by atoms with E-state index in [0.29, 0.717) is 11.3 Å². The molecule has 0 fully saturated rings. The van der Waals surface area contributed by atoms with Crippen molar-refractivity contribution in [1.29, 1.82) is 0 Å². The van der Waals surface area contributed by atoms with Crippen LogP contribution in [-0.4, -0.2) is 17.8 Å². The summed E-state index contributed by atoms with van der Waals surface area (Å²) in [6.07, 6.45) is 3.23. The number of hydrogen-bond acceptors (Lipinski definition) is 5. The van der Waals surface area contributed by atoms with Crippen molar-refractivity contribution in [3.05, 3.63) is 106 Å². The number of ether oxygens (including phenoxy) is 2. The van der Waals surface area contributed by atoms with Crippen LogP contribution in [0.15, 0.2) is 78.9 Å². The molecule has 146 valence electrons. The molecule has 6 heteroatoms. The topological polar surface area (TPSA) is 78.7 Å². The van der Waals surface area contributed by atoms with Crippen molar-refractivity contribution in [3.63, 3.8) is 0 Å². The molecule has 0 saturated carbocycles. The fourth-order valence-corrected chi connectivity index (χ4v) is 2.65. The van der Waals surface area contributed by atoms with Crippen LogP contribution in [0, 0.1) is 10.1 Å². The van der Waals surface area contributed by atoms with Crippen LogP contribution in [0.3, 0.4) is 0 Å². The lowest BCUT2D eigenvalue weighted by atomic mass is 10.1. The molecular weight excluding hydrogens is 370 g/mol. The molecule has 0 N–H and O–H groups in total. The number of nitro benzene ring substituents is 1. The summed E-state index contributed by atoms with van der Waals surface area (Å²) in [4.78, 5) is 22.9. The van der Waals surface area contributed by atoms with Crippen LogP contribution in [0.1, 0.15) is 21.5 Å². The summed E-state index contributed by atoms with van der Waals surface area (Å²) < 4.78 is 10.9. The molecule has 0 aliphatic carbocycles. The molecule has 3 aromatic carbocycles. The Kier molecular flexibility index (Phi) is 6.37. The van der Waals surface area contributed by atoms with Gasteiger partial charge in [-0.3, -0.25) is 14.9 Å². The van der Waals surface area contributed by atoms with Gasteiger partial charge in [0.05, 0.1) is 17.6 Å². The third-order valence-electron chi connectivity index (χ3n) is 4.24. The maximum atomic E-state index is 12.6. The Morgan fingerprint density at radius 3 is 2.34 bits per heavy atom. The summed E-state index contributed by atoms with van der Waals surface area (Å²) >= 11 is 0. The standard InChI is InChI=1S/C23H19NO5/c1-28-20-13-8-17(9-14-20)10-15-22(25)21-4-2-3-5-23(21)29-16-18-6-11-19(12-7-18)24(26)27/h2-15H,16H2,1H3/b15-10+. The molecule has 3 rings (SSSR count). The van der Waals surface area contributed by atoms with Gasteiger partial charge in [-0.1, -0.05) is 30.3 Å². The molecule has 0 saturated heterocycles. The molecule has 3 aromatic rings. The number of carbonyl (C=O) groups excluding carboxylic acids is 1. The maximum absolute atomic E-state index is 12.6. The lowest BCUT2D eigenvalue weighted by molar-refractivity contribution is -0.384. The van der Waals surface area contributed by atoms with Crippen LogP contribution >= 0.6 is 0 Å². The molecule has 0 atom stereocenters. The third kappa shape index (κ3) is 5.29. The number of nitro groups is 1. The molecule has 0 amide bonds. The number of non-ortho nitro benzene ring substituents is 1. The number of methoxy groups -OCH3 is 1. The van der Waals surface area contributed by atoms with E-state index in [1.807, 2.05) is 24.3 Å². The van der Waals surface area contributed by atoms with E-state index >= 15 is 0 Å². The largest absolute Gasteiger partial charge is 0.497 e. The zero-order valence-corrected chi connectivity index (χ0v) is 15.8. The first-order valence-electron chi connectivity index (χ1n) is 8.88. The second kappa shape index (κ2) is 9.32. The normalized spacial score (nSPS) is 10.7. The summed E-state index contributed by atoms with van der Waals surface area (Å²) in [7, 11) is 1.60. The minimum Gasteiger partial charge on any atom is -0.497 e. The molecule has 29 heavy (non-hydrogen) atoms. The highest BCUT2D eigenvalue weighted by molar-refractivity contribution is 6.08. The van der Waals surface area contributed by atoms with E-state index in [-0.39, 0.29) is 18.1 Å². The molecule has 0 unspecified atom stereocenters. The monoisotopic (exact) mass is 389 g/mol. The lowest BCUT2D eigenvalue weighted by Crippen LogP contribution is -2.02. The van der Waals surface area contributed by atoms with Crippen molar-refractivity contribution in [2.75, 3.05) is 7.11 Å². The van der Waals surface area contributed by atoms with E-state index in [4.69, 9.17) is 9.47 Å². The molecule has 0 aliphatic heterocycles. The summed E-state index contributed by atoms with van der Waals surface area (Å²) in [6, 6.07) is 20.5. The van der Waals surface area contributed by atoms with Gasteiger partial charge in [0.1, 0.15) is 18.1 Å². The Morgan fingerprint density at radius 2 is 1.69 bits per heavy atom. The zero-order chi connectivity index (χ0) is 20.6. The Morgan fingerprint density at radius 1 is 1.00 bits per heavy atom. The molecule has 0 aromatic heterocycles. The molecule has 0 aliphatic rings. The second-order valence-electron chi connectivity index (χ2n) is 6.18. The van der Waals surface area contributed by atoms with E-state index in [9.17, 15) is 14.9 Å². The number of hydrogen-bond donors (Lipinski definition) is 0. The number of nitrogens with zero attached hydrogens (tertiary/aromatic N) is 1. The van der Waals surface area contributed by atoms with Crippen LogP contribution in [0.2, 0.25) is 0 Å². The summed E-state index contributed by atoms with van der Waals surface area (Å²) in [5.74, 6) is 1.02. The van der Waals surface area contributed by atoms with Crippen molar-refractivity contribution in [1.82, 2.24) is 0 Å². The lowest BCUT2D eigenvalue weighted by Gasteiger charge is -2.09. The van der Waals surface area contributed by atoms with Gasteiger partial charge in [0, 0.05) is 12.1 Å². The third-order valence-corrected chi connectivity index (χ3v) is 4.24. The molecule has 6 nitrogen and oxygen atoms in total. The van der Waals surface area contributed by atoms with Crippen molar-refractivity contribution < 1.29 is 19.2 Å². The average molecular weight is 389 g/mol. The van der Waals surface area contributed by atoms with Gasteiger partial charge in [-0.25, -0.2) is 0 Å². The van der Waals surface area contributed by atoms with Crippen molar-refractivity contribution >= 4 is 17.5 Å². The Hall–Kier alpha value is -3.93. The van der Waals surface area contributed by atoms with Gasteiger partial charge >= 0.3 is 0 Å². The van der Waals surface area contributed by atoms with E-state index in [1.54, 1.807) is 49.6 Å². The summed E-state index contributed by atoms with van der Waals surface area (Å²) in [5, 5.41) is 10.7. The average Bonchev–Trinajstić information content (AvgIpc) is 2.77. The number of rotatable bonds is 8. The van der Waals surface area contributed by atoms with Crippen LogP contribution < -0.4 is 9.47 Å². The highest BCUT2D eigenvalue weighted by Gasteiger charge is 2.10. The first-order valence-corrected chi connectivity index (χ1v) is 8.88. The quantitative estimate of drug-likeness (QED) is 0.232. The van der Waals surface area contributed by atoms with Crippen molar-refractivity contribution in [3.8, 4) is 11.5 Å². The van der Waals surface area contributed by atoms with Crippen molar-refractivity contribution in [2.45, 2.75) is 6.61 Å². The van der Waals surface area contributed by atoms with E-state index in [0.717, 1.165) is 16.9 Å². The smallest absolute Gasteiger partial charge is 0.269 e. The molecular formula is C23H19NO5.